The van der Waals surface area contributed by atoms with Crippen LogP contribution in [0.2, 0.25) is 0 Å². The van der Waals surface area contributed by atoms with E-state index in [-0.39, 0.29) is 11.9 Å². The summed E-state index contributed by atoms with van der Waals surface area (Å²) < 4.78 is 35.1. The van der Waals surface area contributed by atoms with Gasteiger partial charge in [0.05, 0.1) is 5.75 Å². The van der Waals surface area contributed by atoms with E-state index in [1.54, 1.807) is 0 Å². The zero-order chi connectivity index (χ0) is 10.2. The summed E-state index contributed by atoms with van der Waals surface area (Å²) in [5.41, 5.74) is 0. The molecule has 0 aromatic carbocycles. The summed E-state index contributed by atoms with van der Waals surface area (Å²) in [6, 6.07) is 0. The molecule has 0 unspecified atom stereocenters. The molecule has 4 N–H and O–H groups in total. The Morgan fingerprint density at radius 1 is 1.07 bits per heavy atom. The first kappa shape index (κ1) is 16.2. The average Bonchev–Trinajstić information content (AvgIpc) is 2.11. The number of hydrogen-bond acceptors (Lipinski definition) is 3. The molecule has 0 saturated heterocycles. The fraction of sp³-hybridized carbons (Fsp3) is 1.00. The van der Waals surface area contributed by atoms with Gasteiger partial charge in [0, 0.05) is 0 Å². The maximum Gasteiger partial charge on any atom is 0.297 e. The maximum atomic E-state index is 11.3. The van der Waals surface area contributed by atoms with Crippen LogP contribution in [0.15, 0.2) is 0 Å². The first-order chi connectivity index (χ1) is 6.12. The second-order valence-electron chi connectivity index (χ2n) is 3.09. The van der Waals surface area contributed by atoms with Crippen molar-refractivity contribution in [1.29, 1.82) is 0 Å². The molecule has 0 heterocycles. The molecule has 0 atom stereocenters. The fourth-order valence-corrected chi connectivity index (χ4v) is 1.71. The van der Waals surface area contributed by atoms with Crippen LogP contribution < -0.4 is 6.15 Å². The van der Waals surface area contributed by atoms with Gasteiger partial charge in [0.25, 0.3) is 10.1 Å². The number of quaternary nitrogens is 1. The van der Waals surface area contributed by atoms with Crippen molar-refractivity contribution in [3.63, 3.8) is 0 Å². The Hall–Kier alpha value is -0.200. The van der Waals surface area contributed by atoms with Crippen LogP contribution in [0, 0.1) is 0 Å². The Morgan fingerprint density at radius 3 is 2.07 bits per heavy atom. The highest BCUT2D eigenvalue weighted by Crippen LogP contribution is 2.07. The van der Waals surface area contributed by atoms with Crippen LogP contribution in [-0.4, -0.2) is 14.2 Å². The van der Waals surface area contributed by atoms with Crippen molar-refractivity contribution < 1.29 is 17.3 Å². The van der Waals surface area contributed by atoms with Gasteiger partial charge in [-0.25, -0.2) is 0 Å². The standard InChI is InChI=1S/C8H17FO3S.H3N/c1-2-3-4-5-6-7-8-13(10,11)12-9;/h2-8H2,1H3;1H3/p+1. The molecule has 0 aliphatic heterocycles. The third-order valence-corrected chi connectivity index (χ3v) is 2.82. The number of rotatable bonds is 8. The second kappa shape index (κ2) is 9.36. The van der Waals surface area contributed by atoms with E-state index in [1.807, 2.05) is 0 Å². The molecular formula is C8H21FNO3S+. The van der Waals surface area contributed by atoms with E-state index in [4.69, 9.17) is 0 Å². The third kappa shape index (κ3) is 9.88. The summed E-state index contributed by atoms with van der Waals surface area (Å²) in [4.78, 5) is 0. The molecule has 0 aliphatic rings. The summed E-state index contributed by atoms with van der Waals surface area (Å²) in [6.07, 6.45) is 5.76. The van der Waals surface area contributed by atoms with E-state index in [2.05, 4.69) is 11.3 Å². The van der Waals surface area contributed by atoms with E-state index in [0.717, 1.165) is 25.7 Å². The summed E-state index contributed by atoms with van der Waals surface area (Å²) >= 11 is 0. The molecule has 0 aromatic rings. The molecule has 0 aliphatic carbocycles. The second-order valence-corrected chi connectivity index (χ2v) is 4.74. The minimum Gasteiger partial charge on any atom is -0.369 e. The summed E-state index contributed by atoms with van der Waals surface area (Å²) in [5, 5.41) is 0. The van der Waals surface area contributed by atoms with Gasteiger partial charge in [-0.05, 0) is 10.9 Å². The van der Waals surface area contributed by atoms with Crippen LogP contribution in [0.5, 0.6) is 0 Å². The zero-order valence-corrected chi connectivity index (χ0v) is 9.78. The van der Waals surface area contributed by atoms with Crippen molar-refractivity contribution in [1.82, 2.24) is 6.15 Å². The van der Waals surface area contributed by atoms with E-state index in [9.17, 15) is 12.9 Å². The van der Waals surface area contributed by atoms with Crippen LogP contribution in [0.4, 0.5) is 4.53 Å². The van der Waals surface area contributed by atoms with Gasteiger partial charge in [-0.3, -0.25) is 0 Å². The highest BCUT2D eigenvalue weighted by Gasteiger charge is 2.09. The summed E-state index contributed by atoms with van der Waals surface area (Å²) in [5.74, 6) is -0.213. The van der Waals surface area contributed by atoms with Crippen molar-refractivity contribution in [2.24, 2.45) is 0 Å². The minimum absolute atomic E-state index is 0. The number of halogens is 1. The van der Waals surface area contributed by atoms with E-state index >= 15 is 0 Å². The average molecular weight is 230 g/mol. The highest BCUT2D eigenvalue weighted by molar-refractivity contribution is 7.86. The van der Waals surface area contributed by atoms with E-state index in [0.29, 0.717) is 6.42 Å². The van der Waals surface area contributed by atoms with Crippen molar-refractivity contribution in [2.45, 2.75) is 45.4 Å². The smallest absolute Gasteiger partial charge is 0.297 e. The molecule has 6 heteroatoms. The Balaban J connectivity index is 0. The van der Waals surface area contributed by atoms with Gasteiger partial charge in [-0.1, -0.05) is 43.4 Å². The molecule has 0 rings (SSSR count). The zero-order valence-electron chi connectivity index (χ0n) is 8.96. The molecule has 0 saturated carbocycles. The molecule has 0 aromatic heterocycles. The molecule has 88 valence electrons. The van der Waals surface area contributed by atoms with Crippen molar-refractivity contribution in [2.75, 3.05) is 5.75 Å². The van der Waals surface area contributed by atoms with Gasteiger partial charge in [-0.2, -0.15) is 8.42 Å². The molecule has 0 fully saturated rings. The molecular weight excluding hydrogens is 209 g/mol. The van der Waals surface area contributed by atoms with Crippen LogP contribution in [-0.2, 0) is 14.5 Å². The predicted octanol–water partition coefficient (Wildman–Crippen LogP) is 2.95. The topological polar surface area (TPSA) is 79.9 Å². The molecule has 14 heavy (non-hydrogen) atoms. The first-order valence-electron chi connectivity index (χ1n) is 4.65. The summed E-state index contributed by atoms with van der Waals surface area (Å²) in [7, 11) is -3.88. The van der Waals surface area contributed by atoms with Crippen LogP contribution in [0.1, 0.15) is 45.4 Å². The molecule has 0 radical (unpaired) electrons. The monoisotopic (exact) mass is 230 g/mol. The van der Waals surface area contributed by atoms with Gasteiger partial charge in [0.15, 0.2) is 0 Å². The van der Waals surface area contributed by atoms with E-state index < -0.39 is 10.1 Å². The summed E-state index contributed by atoms with van der Waals surface area (Å²) in [6.45, 7) is 2.11. The molecule has 0 amide bonds. The van der Waals surface area contributed by atoms with Crippen LogP contribution >= 0.6 is 0 Å². The highest BCUT2D eigenvalue weighted by atomic mass is 32.2. The van der Waals surface area contributed by atoms with Gasteiger partial charge < -0.3 is 6.15 Å². The van der Waals surface area contributed by atoms with E-state index in [1.165, 1.54) is 6.42 Å². The predicted molar refractivity (Wildman–Crippen MR) is 55.3 cm³/mol. The Morgan fingerprint density at radius 2 is 1.57 bits per heavy atom. The first-order valence-corrected chi connectivity index (χ1v) is 6.23. The lowest BCUT2D eigenvalue weighted by Crippen LogP contribution is -2.05. The normalized spacial score (nSPS) is 11.0. The number of unbranched alkanes of at least 4 members (excludes halogenated alkanes) is 5. The number of hydrogen-bond donors (Lipinski definition) is 1. The lowest BCUT2D eigenvalue weighted by molar-refractivity contribution is 0.00288. The van der Waals surface area contributed by atoms with Crippen molar-refractivity contribution in [3.05, 3.63) is 0 Å². The lowest BCUT2D eigenvalue weighted by Gasteiger charge is -1.99. The largest absolute Gasteiger partial charge is 0.369 e. The fourth-order valence-electron chi connectivity index (χ4n) is 1.09. The third-order valence-electron chi connectivity index (χ3n) is 1.84. The maximum absolute atomic E-state index is 11.3. The molecule has 0 bridgehead atoms. The van der Waals surface area contributed by atoms with Gasteiger partial charge in [0.2, 0.25) is 0 Å². The SMILES string of the molecule is CCCCCCCCS(=O)(=O)OF.[NH4+]. The Labute approximate surface area is 85.4 Å². The van der Waals surface area contributed by atoms with Crippen molar-refractivity contribution >= 4 is 10.1 Å². The van der Waals surface area contributed by atoms with Crippen LogP contribution in [0.3, 0.4) is 0 Å². The quantitative estimate of drug-likeness (QED) is 0.651. The molecule has 0 spiro atoms. The van der Waals surface area contributed by atoms with Gasteiger partial charge in [-0.15, -0.1) is 0 Å². The Kier molecular flexibility index (Phi) is 10.9. The van der Waals surface area contributed by atoms with Crippen LogP contribution in [0.25, 0.3) is 0 Å². The Bertz CT molecular complexity index is 207. The van der Waals surface area contributed by atoms with Gasteiger partial charge >= 0.3 is 0 Å². The molecule has 4 nitrogen and oxygen atoms in total. The van der Waals surface area contributed by atoms with Gasteiger partial charge in [0.1, 0.15) is 0 Å². The minimum atomic E-state index is -3.88. The van der Waals surface area contributed by atoms with Crippen molar-refractivity contribution in [3.8, 4) is 0 Å². The lowest BCUT2D eigenvalue weighted by atomic mass is 10.1.